The fraction of sp³-hybridized carbons (Fsp3) is 0.700. The van der Waals surface area contributed by atoms with Crippen LogP contribution in [0.2, 0.25) is 0 Å². The van der Waals surface area contributed by atoms with Crippen LogP contribution in [0.1, 0.15) is 32.8 Å². The Labute approximate surface area is 84.1 Å². The fourth-order valence-corrected chi connectivity index (χ4v) is 1.30. The van der Waals surface area contributed by atoms with Gasteiger partial charge in [0, 0.05) is 5.56 Å². The van der Waals surface area contributed by atoms with Crippen LogP contribution in [0.15, 0.2) is 6.20 Å². The first-order valence-corrected chi connectivity index (χ1v) is 4.89. The van der Waals surface area contributed by atoms with Gasteiger partial charge in [-0.1, -0.05) is 0 Å². The Bertz CT molecular complexity index is 299. The molecule has 3 nitrogen and oxygen atoms in total. The minimum absolute atomic E-state index is 0.231. The highest BCUT2D eigenvalue weighted by molar-refractivity contribution is 5.08. The number of nitrogens with zero attached hydrogens (tertiary/aromatic N) is 2. The summed E-state index contributed by atoms with van der Waals surface area (Å²) in [4.78, 5) is 0. The normalized spacial score (nSPS) is 12.1. The minimum Gasteiger partial charge on any atom is -0.330 e. The van der Waals surface area contributed by atoms with Crippen molar-refractivity contribution in [2.45, 2.75) is 39.2 Å². The molecule has 0 saturated heterocycles. The van der Waals surface area contributed by atoms with E-state index in [0.717, 1.165) is 6.42 Å². The zero-order chi connectivity index (χ0) is 10.8. The molecule has 0 atom stereocenters. The fourth-order valence-electron chi connectivity index (χ4n) is 1.30. The van der Waals surface area contributed by atoms with Crippen molar-refractivity contribution in [2.75, 3.05) is 6.54 Å². The molecule has 0 aromatic carbocycles. The van der Waals surface area contributed by atoms with Gasteiger partial charge >= 0.3 is 0 Å². The Kier molecular flexibility index (Phi) is 3.26. The number of rotatable bonds is 3. The second kappa shape index (κ2) is 4.09. The van der Waals surface area contributed by atoms with E-state index in [2.05, 4.69) is 5.10 Å². The van der Waals surface area contributed by atoms with Crippen LogP contribution in [0.25, 0.3) is 0 Å². The average molecular weight is 199 g/mol. The monoisotopic (exact) mass is 199 g/mol. The maximum atomic E-state index is 13.7. The Morgan fingerprint density at radius 3 is 2.57 bits per heavy atom. The predicted molar refractivity (Wildman–Crippen MR) is 54.6 cm³/mol. The number of hydrogen-bond acceptors (Lipinski definition) is 2. The standard InChI is InChI=1S/C10H18FN3/c1-10(2,3)14-9(11)8(7-13-14)5-4-6-12/h7H,4-6,12H2,1-3H3. The molecule has 1 aromatic rings. The highest BCUT2D eigenvalue weighted by Crippen LogP contribution is 2.18. The first-order valence-electron chi connectivity index (χ1n) is 4.89. The number of nitrogens with two attached hydrogens (primary N) is 1. The van der Waals surface area contributed by atoms with Crippen molar-refractivity contribution >= 4 is 0 Å². The van der Waals surface area contributed by atoms with E-state index in [9.17, 15) is 4.39 Å². The van der Waals surface area contributed by atoms with E-state index in [1.165, 1.54) is 4.68 Å². The Balaban J connectivity index is 2.86. The van der Waals surface area contributed by atoms with E-state index < -0.39 is 0 Å². The second-order valence-electron chi connectivity index (χ2n) is 4.44. The number of aromatic nitrogens is 2. The summed E-state index contributed by atoms with van der Waals surface area (Å²) in [5.41, 5.74) is 5.73. The van der Waals surface area contributed by atoms with Crippen molar-refractivity contribution in [1.82, 2.24) is 9.78 Å². The summed E-state index contributed by atoms with van der Waals surface area (Å²) in [6.07, 6.45) is 3.06. The van der Waals surface area contributed by atoms with Crippen LogP contribution in [-0.2, 0) is 12.0 Å². The van der Waals surface area contributed by atoms with Crippen LogP contribution in [0.5, 0.6) is 0 Å². The number of hydrogen-bond donors (Lipinski definition) is 1. The van der Waals surface area contributed by atoms with E-state index in [4.69, 9.17) is 5.73 Å². The molecule has 1 heterocycles. The molecule has 80 valence electrons. The molecule has 1 aromatic heterocycles. The molecule has 1 rings (SSSR count). The SMILES string of the molecule is CC(C)(C)n1ncc(CCCN)c1F. The molecular weight excluding hydrogens is 181 g/mol. The molecule has 0 radical (unpaired) electrons. The van der Waals surface area contributed by atoms with Crippen LogP contribution in [0, 0.1) is 5.95 Å². The minimum atomic E-state index is -0.301. The smallest absolute Gasteiger partial charge is 0.215 e. The van der Waals surface area contributed by atoms with Crippen LogP contribution in [0.3, 0.4) is 0 Å². The van der Waals surface area contributed by atoms with E-state index in [1.54, 1.807) is 6.20 Å². The third-order valence-electron chi connectivity index (χ3n) is 2.07. The Hall–Kier alpha value is -0.900. The van der Waals surface area contributed by atoms with Crippen molar-refractivity contribution < 1.29 is 4.39 Å². The van der Waals surface area contributed by atoms with Gasteiger partial charge in [-0.25, -0.2) is 4.68 Å². The maximum absolute atomic E-state index is 13.7. The van der Waals surface area contributed by atoms with Crippen molar-refractivity contribution in [2.24, 2.45) is 5.73 Å². The quantitative estimate of drug-likeness (QED) is 0.804. The summed E-state index contributed by atoms with van der Waals surface area (Å²) in [5, 5.41) is 4.04. The largest absolute Gasteiger partial charge is 0.330 e. The molecule has 0 spiro atoms. The highest BCUT2D eigenvalue weighted by Gasteiger charge is 2.20. The Morgan fingerprint density at radius 1 is 1.50 bits per heavy atom. The van der Waals surface area contributed by atoms with E-state index in [0.29, 0.717) is 18.5 Å². The molecule has 0 aliphatic heterocycles. The third kappa shape index (κ3) is 2.32. The lowest BCUT2D eigenvalue weighted by Crippen LogP contribution is -2.25. The van der Waals surface area contributed by atoms with Gasteiger partial charge in [0.15, 0.2) is 0 Å². The van der Waals surface area contributed by atoms with Crippen LogP contribution in [0.4, 0.5) is 4.39 Å². The zero-order valence-electron chi connectivity index (χ0n) is 9.05. The van der Waals surface area contributed by atoms with Gasteiger partial charge in [0.1, 0.15) is 0 Å². The average Bonchev–Trinajstić information content (AvgIpc) is 2.42. The summed E-state index contributed by atoms with van der Waals surface area (Å²) < 4.78 is 15.1. The molecule has 0 saturated carbocycles. The van der Waals surface area contributed by atoms with Crippen molar-refractivity contribution in [1.29, 1.82) is 0 Å². The summed E-state index contributed by atoms with van der Waals surface area (Å²) in [6, 6.07) is 0. The van der Waals surface area contributed by atoms with Gasteiger partial charge in [0.25, 0.3) is 0 Å². The summed E-state index contributed by atoms with van der Waals surface area (Å²) in [6.45, 7) is 6.36. The van der Waals surface area contributed by atoms with Gasteiger partial charge < -0.3 is 5.73 Å². The first kappa shape index (κ1) is 11.2. The van der Waals surface area contributed by atoms with Gasteiger partial charge in [-0.15, -0.1) is 0 Å². The van der Waals surface area contributed by atoms with Gasteiger partial charge in [-0.2, -0.15) is 9.49 Å². The highest BCUT2D eigenvalue weighted by atomic mass is 19.1. The molecule has 0 amide bonds. The molecule has 14 heavy (non-hydrogen) atoms. The summed E-state index contributed by atoms with van der Waals surface area (Å²) in [5.74, 6) is -0.231. The number of halogens is 1. The lowest BCUT2D eigenvalue weighted by Gasteiger charge is -2.19. The first-order chi connectivity index (χ1) is 6.46. The Morgan fingerprint density at radius 2 is 2.14 bits per heavy atom. The molecule has 0 fully saturated rings. The predicted octanol–water partition coefficient (Wildman–Crippen LogP) is 1.67. The van der Waals surface area contributed by atoms with E-state index >= 15 is 0 Å². The zero-order valence-corrected chi connectivity index (χ0v) is 9.05. The summed E-state index contributed by atoms with van der Waals surface area (Å²) >= 11 is 0. The van der Waals surface area contributed by atoms with Crippen LogP contribution >= 0.6 is 0 Å². The molecule has 0 bridgehead atoms. The molecule has 0 aliphatic carbocycles. The number of aryl methyl sites for hydroxylation is 1. The molecular formula is C10H18FN3. The molecule has 0 unspecified atom stereocenters. The molecule has 2 N–H and O–H groups in total. The lowest BCUT2D eigenvalue weighted by molar-refractivity contribution is 0.297. The topological polar surface area (TPSA) is 43.8 Å². The van der Waals surface area contributed by atoms with Gasteiger partial charge in [0.05, 0.1) is 11.7 Å². The van der Waals surface area contributed by atoms with Crippen LogP contribution < -0.4 is 5.73 Å². The van der Waals surface area contributed by atoms with Crippen molar-refractivity contribution in [3.8, 4) is 0 Å². The van der Waals surface area contributed by atoms with Crippen LogP contribution in [-0.4, -0.2) is 16.3 Å². The van der Waals surface area contributed by atoms with Crippen molar-refractivity contribution in [3.05, 3.63) is 17.7 Å². The van der Waals surface area contributed by atoms with Gasteiger partial charge in [0.2, 0.25) is 5.95 Å². The maximum Gasteiger partial charge on any atom is 0.215 e. The van der Waals surface area contributed by atoms with Gasteiger partial charge in [-0.05, 0) is 40.2 Å². The summed E-state index contributed by atoms with van der Waals surface area (Å²) in [7, 11) is 0. The van der Waals surface area contributed by atoms with E-state index in [1.807, 2.05) is 20.8 Å². The molecule has 4 heteroatoms. The lowest BCUT2D eigenvalue weighted by atomic mass is 10.1. The van der Waals surface area contributed by atoms with Crippen molar-refractivity contribution in [3.63, 3.8) is 0 Å². The second-order valence-corrected chi connectivity index (χ2v) is 4.44. The molecule has 0 aliphatic rings. The van der Waals surface area contributed by atoms with E-state index in [-0.39, 0.29) is 11.5 Å². The van der Waals surface area contributed by atoms with Gasteiger partial charge in [-0.3, -0.25) is 0 Å². The third-order valence-corrected chi connectivity index (χ3v) is 2.07.